The molecule has 0 fully saturated rings. The highest BCUT2D eigenvalue weighted by molar-refractivity contribution is 6.35. The van der Waals surface area contributed by atoms with E-state index in [1.807, 2.05) is 0 Å². The van der Waals surface area contributed by atoms with Crippen LogP contribution in [0.15, 0.2) is 54.6 Å². The molecule has 0 radical (unpaired) electrons. The van der Waals surface area contributed by atoms with Gasteiger partial charge in [-0.3, -0.25) is 0 Å². The van der Waals surface area contributed by atoms with Gasteiger partial charge in [-0.1, -0.05) is 29.3 Å². The Morgan fingerprint density at radius 1 is 1.08 bits per heavy atom. The second kappa shape index (κ2) is 7.09. The lowest BCUT2D eigenvalue weighted by molar-refractivity contribution is 0.0692. The van der Waals surface area contributed by atoms with E-state index in [9.17, 15) is 9.18 Å². The van der Waals surface area contributed by atoms with Gasteiger partial charge in [0.25, 0.3) is 0 Å². The van der Waals surface area contributed by atoms with E-state index >= 15 is 0 Å². The van der Waals surface area contributed by atoms with Crippen molar-refractivity contribution in [1.29, 1.82) is 0 Å². The average molecular weight is 378 g/mol. The third kappa shape index (κ3) is 3.90. The van der Waals surface area contributed by atoms with Gasteiger partial charge < -0.3 is 9.84 Å². The first kappa shape index (κ1) is 17.2. The Balaban J connectivity index is 1.94. The van der Waals surface area contributed by atoms with Crippen molar-refractivity contribution >= 4 is 29.2 Å². The normalized spacial score (nSPS) is 10.5. The van der Waals surface area contributed by atoms with Gasteiger partial charge in [-0.2, -0.15) is 0 Å². The maximum Gasteiger partial charge on any atom is 0.338 e. The number of aromatic carboxylic acids is 1. The van der Waals surface area contributed by atoms with Crippen LogP contribution < -0.4 is 4.74 Å². The third-order valence-electron chi connectivity index (χ3n) is 3.32. The van der Waals surface area contributed by atoms with Gasteiger partial charge in [0, 0.05) is 16.7 Å². The van der Waals surface area contributed by atoms with Crippen molar-refractivity contribution in [3.63, 3.8) is 0 Å². The van der Waals surface area contributed by atoms with E-state index < -0.39 is 17.3 Å². The predicted molar refractivity (Wildman–Crippen MR) is 93.1 cm³/mol. The van der Waals surface area contributed by atoms with Crippen molar-refractivity contribution in [3.05, 3.63) is 76.0 Å². The molecule has 3 rings (SSSR count). The van der Waals surface area contributed by atoms with Crippen LogP contribution in [-0.2, 0) is 0 Å². The van der Waals surface area contributed by atoms with E-state index in [2.05, 4.69) is 4.98 Å². The van der Waals surface area contributed by atoms with Crippen LogP contribution >= 0.6 is 23.2 Å². The Kier molecular flexibility index (Phi) is 4.88. The number of carbonyl (C=O) groups is 1. The van der Waals surface area contributed by atoms with Crippen molar-refractivity contribution in [2.45, 2.75) is 0 Å². The van der Waals surface area contributed by atoms with Crippen LogP contribution in [-0.4, -0.2) is 16.1 Å². The summed E-state index contributed by atoms with van der Waals surface area (Å²) in [5.41, 5.74) is 0.461. The van der Waals surface area contributed by atoms with E-state index in [0.29, 0.717) is 27.1 Å². The molecule has 126 valence electrons. The fourth-order valence-electron chi connectivity index (χ4n) is 2.15. The maximum absolute atomic E-state index is 13.5. The summed E-state index contributed by atoms with van der Waals surface area (Å²) in [4.78, 5) is 15.4. The first-order chi connectivity index (χ1) is 11.9. The largest absolute Gasteiger partial charge is 0.478 e. The van der Waals surface area contributed by atoms with Gasteiger partial charge in [-0.05, 0) is 42.5 Å². The Morgan fingerprint density at radius 2 is 1.88 bits per heavy atom. The second-order valence-corrected chi connectivity index (χ2v) is 5.88. The van der Waals surface area contributed by atoms with Crippen LogP contribution in [0, 0.1) is 5.82 Å². The summed E-state index contributed by atoms with van der Waals surface area (Å²) in [6.07, 6.45) is 0. The highest BCUT2D eigenvalue weighted by atomic mass is 35.5. The minimum atomic E-state index is -1.35. The van der Waals surface area contributed by atoms with E-state index in [-0.39, 0.29) is 5.88 Å². The topological polar surface area (TPSA) is 59.4 Å². The standard InChI is InChI=1S/C18H10Cl2FNO3/c19-11-5-7-16(13(20)9-11)25-17-3-1-2-15(22-17)10-4-6-14(21)12(8-10)18(23)24/h1-9H,(H,23,24). The minimum absolute atomic E-state index is 0.253. The van der Waals surface area contributed by atoms with Crippen LogP contribution in [0.5, 0.6) is 11.6 Å². The molecule has 2 aromatic carbocycles. The summed E-state index contributed by atoms with van der Waals surface area (Å²) in [6, 6.07) is 13.5. The van der Waals surface area contributed by atoms with E-state index in [0.717, 1.165) is 6.07 Å². The fraction of sp³-hybridized carbons (Fsp3) is 0. The third-order valence-corrected chi connectivity index (χ3v) is 3.85. The Morgan fingerprint density at radius 3 is 2.60 bits per heavy atom. The molecule has 0 bridgehead atoms. The summed E-state index contributed by atoms with van der Waals surface area (Å²) in [6.45, 7) is 0. The average Bonchev–Trinajstić information content (AvgIpc) is 2.58. The van der Waals surface area contributed by atoms with Crippen molar-refractivity contribution < 1.29 is 19.0 Å². The maximum atomic E-state index is 13.5. The molecule has 0 unspecified atom stereocenters. The number of pyridine rings is 1. The van der Waals surface area contributed by atoms with Crippen LogP contribution in [0.25, 0.3) is 11.3 Å². The van der Waals surface area contributed by atoms with Gasteiger partial charge in [0.1, 0.15) is 11.6 Å². The van der Waals surface area contributed by atoms with Gasteiger partial charge in [-0.15, -0.1) is 0 Å². The van der Waals surface area contributed by atoms with Crippen molar-refractivity contribution in [2.24, 2.45) is 0 Å². The number of ether oxygens (including phenoxy) is 1. The van der Waals surface area contributed by atoms with Crippen LogP contribution in [0.4, 0.5) is 4.39 Å². The molecule has 3 aromatic rings. The van der Waals surface area contributed by atoms with Crippen LogP contribution in [0.1, 0.15) is 10.4 Å². The van der Waals surface area contributed by atoms with Gasteiger partial charge in [0.15, 0.2) is 0 Å². The quantitative estimate of drug-likeness (QED) is 0.634. The molecule has 1 N–H and O–H groups in total. The van der Waals surface area contributed by atoms with E-state index in [4.69, 9.17) is 33.0 Å². The molecule has 0 aliphatic heterocycles. The number of nitrogens with zero attached hydrogens (tertiary/aromatic N) is 1. The molecule has 0 saturated heterocycles. The molecule has 0 aliphatic carbocycles. The van der Waals surface area contributed by atoms with Gasteiger partial charge in [-0.25, -0.2) is 14.2 Å². The molecule has 25 heavy (non-hydrogen) atoms. The molecule has 1 heterocycles. The highest BCUT2D eigenvalue weighted by Crippen LogP contribution is 2.31. The Hall–Kier alpha value is -2.63. The number of benzene rings is 2. The highest BCUT2D eigenvalue weighted by Gasteiger charge is 2.13. The smallest absolute Gasteiger partial charge is 0.338 e. The van der Waals surface area contributed by atoms with E-state index in [1.54, 1.807) is 36.4 Å². The molecule has 7 heteroatoms. The van der Waals surface area contributed by atoms with Crippen LogP contribution in [0.3, 0.4) is 0 Å². The summed E-state index contributed by atoms with van der Waals surface area (Å²) < 4.78 is 19.2. The number of carboxylic acids is 1. The zero-order valence-corrected chi connectivity index (χ0v) is 14.1. The van der Waals surface area contributed by atoms with Crippen molar-refractivity contribution in [1.82, 2.24) is 4.98 Å². The number of aromatic nitrogens is 1. The Labute approximate surface area is 152 Å². The van der Waals surface area contributed by atoms with Crippen molar-refractivity contribution in [3.8, 4) is 22.9 Å². The Bertz CT molecular complexity index is 963. The number of rotatable bonds is 4. The summed E-state index contributed by atoms with van der Waals surface area (Å²) in [5, 5.41) is 9.84. The van der Waals surface area contributed by atoms with E-state index in [1.165, 1.54) is 12.1 Å². The molecule has 0 saturated carbocycles. The second-order valence-electron chi connectivity index (χ2n) is 5.04. The molecule has 0 amide bonds. The fourth-order valence-corrected chi connectivity index (χ4v) is 2.60. The molecule has 0 aliphatic rings. The predicted octanol–water partition coefficient (Wildman–Crippen LogP) is 5.69. The molecule has 0 atom stereocenters. The van der Waals surface area contributed by atoms with Crippen LogP contribution in [0.2, 0.25) is 10.0 Å². The first-order valence-corrected chi connectivity index (χ1v) is 7.83. The molecule has 1 aromatic heterocycles. The summed E-state index contributed by atoms with van der Waals surface area (Å²) in [5.74, 6) is -1.53. The zero-order valence-electron chi connectivity index (χ0n) is 12.5. The number of carboxylic acid groups (broad SMARTS) is 1. The molecular weight excluding hydrogens is 368 g/mol. The lowest BCUT2D eigenvalue weighted by atomic mass is 10.1. The lowest BCUT2D eigenvalue weighted by Crippen LogP contribution is -2.01. The minimum Gasteiger partial charge on any atom is -0.478 e. The number of halogens is 3. The SMILES string of the molecule is O=C(O)c1cc(-c2cccc(Oc3ccc(Cl)cc3Cl)n2)ccc1F. The summed E-state index contributed by atoms with van der Waals surface area (Å²) in [7, 11) is 0. The lowest BCUT2D eigenvalue weighted by Gasteiger charge is -2.09. The first-order valence-electron chi connectivity index (χ1n) is 7.07. The summed E-state index contributed by atoms with van der Waals surface area (Å²) >= 11 is 11.9. The van der Waals surface area contributed by atoms with Gasteiger partial charge >= 0.3 is 5.97 Å². The number of hydrogen-bond acceptors (Lipinski definition) is 3. The van der Waals surface area contributed by atoms with Gasteiger partial charge in [0.05, 0.1) is 16.3 Å². The zero-order chi connectivity index (χ0) is 18.0. The van der Waals surface area contributed by atoms with Gasteiger partial charge in [0.2, 0.25) is 5.88 Å². The molecule has 0 spiro atoms. The number of hydrogen-bond donors (Lipinski definition) is 1. The monoisotopic (exact) mass is 377 g/mol. The van der Waals surface area contributed by atoms with Crippen molar-refractivity contribution in [2.75, 3.05) is 0 Å². The molecular formula is C18H10Cl2FNO3. The molecule has 4 nitrogen and oxygen atoms in total.